The Morgan fingerprint density at radius 2 is 1.83 bits per heavy atom. The summed E-state index contributed by atoms with van der Waals surface area (Å²) in [7, 11) is 0. The Morgan fingerprint density at radius 3 is 2.33 bits per heavy atom. The number of ether oxygens (including phenoxy) is 2. The van der Waals surface area contributed by atoms with Gasteiger partial charge in [0.1, 0.15) is 0 Å². The molecule has 0 bridgehead atoms. The molecule has 2 unspecified atom stereocenters. The van der Waals surface area contributed by atoms with E-state index in [2.05, 4.69) is 0 Å². The number of hydrogen-bond acceptors (Lipinski definition) is 3. The van der Waals surface area contributed by atoms with Crippen LogP contribution in [0, 0.1) is 5.41 Å². The molecule has 0 aliphatic carbocycles. The average molecular weight is 313 g/mol. The summed E-state index contributed by atoms with van der Waals surface area (Å²) in [5, 5.41) is -0.441. The molecule has 0 radical (unpaired) electrons. The molecule has 1 aliphatic heterocycles. The van der Waals surface area contributed by atoms with Crippen LogP contribution in [0.4, 0.5) is 0 Å². The minimum absolute atomic E-state index is 0.0542. The minimum atomic E-state index is -0.828. The summed E-state index contributed by atoms with van der Waals surface area (Å²) in [6, 6.07) is 9.94. The molecule has 4 heteroatoms. The van der Waals surface area contributed by atoms with Crippen LogP contribution in [0.3, 0.4) is 0 Å². The van der Waals surface area contributed by atoms with Gasteiger partial charge in [0.15, 0.2) is 0 Å². The van der Waals surface area contributed by atoms with Crippen molar-refractivity contribution in [1.29, 1.82) is 0 Å². The predicted octanol–water partition coefficient (Wildman–Crippen LogP) is 1.68. The Kier molecular flexibility index (Phi) is 3.54. The molecule has 1 aromatic rings. The molecule has 2 rings (SSSR count). The fourth-order valence-corrected chi connectivity index (χ4v) is 3.51. The summed E-state index contributed by atoms with van der Waals surface area (Å²) in [5.41, 5.74) is -0.232. The molecule has 0 saturated carbocycles. The fraction of sp³-hybridized carbons (Fsp3) is 0.500. The number of carbonyl (C=O) groups is 1. The zero-order chi connectivity index (χ0) is 13.4. The van der Waals surface area contributed by atoms with Crippen molar-refractivity contribution in [1.82, 2.24) is 0 Å². The molecule has 18 heavy (non-hydrogen) atoms. The first-order valence-electron chi connectivity index (χ1n) is 5.94. The normalized spacial score (nSPS) is 28.2. The third-order valence-electron chi connectivity index (χ3n) is 3.17. The number of rotatable bonds is 2. The summed E-state index contributed by atoms with van der Waals surface area (Å²) in [5.74, 6) is -1.07. The Morgan fingerprint density at radius 1 is 1.22 bits per heavy atom. The van der Waals surface area contributed by atoms with Crippen molar-refractivity contribution < 1.29 is 14.3 Å². The van der Waals surface area contributed by atoms with E-state index in [-0.39, 0.29) is 26.3 Å². The van der Waals surface area contributed by atoms with Crippen LogP contribution in [0.5, 0.6) is 0 Å². The molecule has 3 nitrogen and oxygen atoms in total. The van der Waals surface area contributed by atoms with E-state index >= 15 is 0 Å². The van der Waals surface area contributed by atoms with Gasteiger partial charge in [0.05, 0.1) is 0 Å². The molecule has 1 aromatic carbocycles. The van der Waals surface area contributed by atoms with Gasteiger partial charge in [-0.25, -0.2) is 0 Å². The Bertz CT molecular complexity index is 438. The van der Waals surface area contributed by atoms with Gasteiger partial charge in [-0.3, -0.25) is 0 Å². The second-order valence-electron chi connectivity index (χ2n) is 5.50. The van der Waals surface area contributed by atoms with Crippen molar-refractivity contribution >= 4 is 25.4 Å². The first-order valence-corrected chi connectivity index (χ1v) is 7.79. The molecule has 0 spiro atoms. The maximum atomic E-state index is 11.9. The number of benzene rings is 1. The van der Waals surface area contributed by atoms with E-state index in [1.54, 1.807) is 0 Å². The van der Waals surface area contributed by atoms with Gasteiger partial charge >= 0.3 is 114 Å². The van der Waals surface area contributed by atoms with E-state index in [0.29, 0.717) is 0 Å². The van der Waals surface area contributed by atoms with Crippen LogP contribution in [0.15, 0.2) is 30.3 Å². The van der Waals surface area contributed by atoms with Crippen LogP contribution in [-0.4, -0.2) is 31.7 Å². The van der Waals surface area contributed by atoms with Gasteiger partial charge in [0, 0.05) is 0 Å². The van der Waals surface area contributed by atoms with E-state index in [4.69, 9.17) is 9.47 Å². The molecule has 1 aliphatic rings. The quantitative estimate of drug-likeness (QED) is 0.615. The zero-order valence-corrected chi connectivity index (χ0v) is 12.8. The summed E-state index contributed by atoms with van der Waals surface area (Å²) >= 11 is -0.0542. The van der Waals surface area contributed by atoms with Crippen molar-refractivity contribution in [2.24, 2.45) is 5.41 Å². The van der Waals surface area contributed by atoms with Crippen LogP contribution in [0.1, 0.15) is 27.7 Å². The topological polar surface area (TPSA) is 35.5 Å². The summed E-state index contributed by atoms with van der Waals surface area (Å²) in [6.45, 7) is 7.88. The van der Waals surface area contributed by atoms with Crippen LogP contribution in [-0.2, 0) is 14.3 Å². The SMILES string of the molecule is CC(C)(C)C1(C)OC(=O)C([Se]c2ccccc2)O1. The molecule has 1 saturated heterocycles. The Balaban J connectivity index is 2.11. The van der Waals surface area contributed by atoms with E-state index < -0.39 is 10.8 Å². The van der Waals surface area contributed by atoms with Crippen molar-refractivity contribution in [3.8, 4) is 0 Å². The third kappa shape index (κ3) is 2.61. The molecule has 0 aromatic heterocycles. The molecule has 1 fully saturated rings. The number of hydrogen-bond donors (Lipinski definition) is 0. The van der Waals surface area contributed by atoms with Crippen molar-refractivity contribution in [2.45, 2.75) is 38.5 Å². The summed E-state index contributed by atoms with van der Waals surface area (Å²) < 4.78 is 12.5. The molecule has 0 amide bonds. The van der Waals surface area contributed by atoms with Gasteiger partial charge < -0.3 is 0 Å². The van der Waals surface area contributed by atoms with Gasteiger partial charge in [-0.1, -0.05) is 0 Å². The van der Waals surface area contributed by atoms with E-state index in [1.807, 2.05) is 58.0 Å². The Hall–Kier alpha value is -0.831. The van der Waals surface area contributed by atoms with Crippen LogP contribution >= 0.6 is 0 Å². The van der Waals surface area contributed by atoms with E-state index in [1.165, 1.54) is 0 Å². The molecular formula is C14H18O3Se. The van der Waals surface area contributed by atoms with Crippen molar-refractivity contribution in [3.63, 3.8) is 0 Å². The second kappa shape index (κ2) is 4.69. The fourth-order valence-electron chi connectivity index (χ4n) is 1.54. The predicted molar refractivity (Wildman–Crippen MR) is 70.7 cm³/mol. The van der Waals surface area contributed by atoms with Gasteiger partial charge in [0.2, 0.25) is 0 Å². The summed E-state index contributed by atoms with van der Waals surface area (Å²) in [6.07, 6.45) is 0. The first-order chi connectivity index (χ1) is 8.32. The Labute approximate surface area is 114 Å². The standard InChI is InChI=1S/C14H18O3Se/c1-13(2,3)14(4)16-11(15)12(17-14)18-10-8-6-5-7-9-10/h5-9,12H,1-4H3. The second-order valence-corrected chi connectivity index (χ2v) is 7.88. The van der Waals surface area contributed by atoms with Gasteiger partial charge in [-0.05, 0) is 0 Å². The van der Waals surface area contributed by atoms with Crippen molar-refractivity contribution in [2.75, 3.05) is 0 Å². The van der Waals surface area contributed by atoms with E-state index in [0.717, 1.165) is 4.46 Å². The molecular weight excluding hydrogens is 295 g/mol. The molecule has 0 N–H and O–H groups in total. The third-order valence-corrected chi connectivity index (χ3v) is 5.37. The van der Waals surface area contributed by atoms with Gasteiger partial charge in [-0.2, -0.15) is 0 Å². The first kappa shape index (κ1) is 13.6. The van der Waals surface area contributed by atoms with Crippen molar-refractivity contribution in [3.05, 3.63) is 30.3 Å². The van der Waals surface area contributed by atoms with Gasteiger partial charge in [-0.15, -0.1) is 0 Å². The van der Waals surface area contributed by atoms with Crippen LogP contribution in [0.2, 0.25) is 0 Å². The summed E-state index contributed by atoms with van der Waals surface area (Å²) in [4.78, 5) is 11.9. The number of esters is 1. The molecule has 2 atom stereocenters. The van der Waals surface area contributed by atoms with Gasteiger partial charge in [0.25, 0.3) is 0 Å². The van der Waals surface area contributed by atoms with Crippen LogP contribution in [0.25, 0.3) is 0 Å². The zero-order valence-electron chi connectivity index (χ0n) is 11.1. The number of carbonyl (C=O) groups excluding carboxylic acids is 1. The monoisotopic (exact) mass is 314 g/mol. The average Bonchev–Trinajstić information content (AvgIpc) is 2.56. The number of cyclic esters (lactones) is 1. The van der Waals surface area contributed by atoms with Crippen LogP contribution < -0.4 is 4.46 Å². The molecule has 98 valence electrons. The van der Waals surface area contributed by atoms with E-state index in [9.17, 15) is 4.79 Å². The molecule has 1 heterocycles. The maximum absolute atomic E-state index is 11.9.